The predicted molar refractivity (Wildman–Crippen MR) is 123 cm³/mol. The lowest BCUT2D eigenvalue weighted by atomic mass is 10.00. The second-order valence-corrected chi connectivity index (χ2v) is 7.16. The zero-order valence-electron chi connectivity index (χ0n) is 17.7. The van der Waals surface area contributed by atoms with Crippen molar-refractivity contribution in [2.45, 2.75) is 32.7 Å². The summed E-state index contributed by atoms with van der Waals surface area (Å²) in [5, 5.41) is 5.57. The smallest absolute Gasteiger partial charge is 0.328 e. The van der Waals surface area contributed by atoms with Gasteiger partial charge in [-0.3, -0.25) is 9.59 Å². The monoisotopic (exact) mass is 445 g/mol. The lowest BCUT2D eigenvalue weighted by molar-refractivity contribution is -0.145. The number of carbonyl (C=O) groups is 3. The molecule has 0 aliphatic carbocycles. The summed E-state index contributed by atoms with van der Waals surface area (Å²) in [4.78, 5) is 38.2. The Hall–Kier alpha value is -3.06. The molecule has 1 heterocycles. The zero-order valence-corrected chi connectivity index (χ0v) is 18.5. The molecular formula is C23H28ClN3O4. The summed E-state index contributed by atoms with van der Waals surface area (Å²) in [6.07, 6.45) is 1.16. The van der Waals surface area contributed by atoms with E-state index < -0.39 is 12.0 Å². The molecule has 31 heavy (non-hydrogen) atoms. The third-order valence-electron chi connectivity index (χ3n) is 5.09. The largest absolute Gasteiger partial charge is 0.462 e. The molecule has 3 rings (SSSR count). The van der Waals surface area contributed by atoms with Crippen LogP contribution in [0.2, 0.25) is 0 Å². The van der Waals surface area contributed by atoms with Crippen LogP contribution in [0.4, 0.5) is 11.4 Å². The third kappa shape index (κ3) is 6.21. The van der Waals surface area contributed by atoms with Gasteiger partial charge in [0.25, 0.3) is 5.91 Å². The van der Waals surface area contributed by atoms with Crippen molar-refractivity contribution in [2.24, 2.45) is 0 Å². The lowest BCUT2D eigenvalue weighted by Crippen LogP contribution is -2.40. The average Bonchev–Trinajstić information content (AvgIpc) is 2.76. The van der Waals surface area contributed by atoms with E-state index in [4.69, 9.17) is 4.74 Å². The number of halogens is 1. The van der Waals surface area contributed by atoms with E-state index in [0.717, 1.165) is 23.5 Å². The molecule has 7 nitrogen and oxygen atoms in total. The topological polar surface area (TPSA) is 87.7 Å². The summed E-state index contributed by atoms with van der Waals surface area (Å²) in [7, 11) is 0. The molecule has 0 fully saturated rings. The van der Waals surface area contributed by atoms with Crippen molar-refractivity contribution in [2.75, 3.05) is 29.9 Å². The number of esters is 1. The fourth-order valence-electron chi connectivity index (χ4n) is 3.46. The quantitative estimate of drug-likeness (QED) is 0.609. The summed E-state index contributed by atoms with van der Waals surface area (Å²) in [6.45, 7) is 5.10. The number of benzene rings is 2. The normalized spacial score (nSPS) is 13.2. The van der Waals surface area contributed by atoms with Gasteiger partial charge >= 0.3 is 5.97 Å². The maximum absolute atomic E-state index is 12.3. The Morgan fingerprint density at radius 3 is 2.58 bits per heavy atom. The highest BCUT2D eigenvalue weighted by Crippen LogP contribution is 2.31. The molecule has 0 aromatic heterocycles. The molecule has 0 unspecified atom stereocenters. The number of anilines is 2. The molecule has 2 N–H and O–H groups in total. The van der Waals surface area contributed by atoms with Crippen molar-refractivity contribution in [3.05, 3.63) is 59.7 Å². The Morgan fingerprint density at radius 2 is 1.87 bits per heavy atom. The molecule has 0 saturated heterocycles. The zero-order chi connectivity index (χ0) is 21.5. The van der Waals surface area contributed by atoms with Gasteiger partial charge in [0.05, 0.1) is 6.54 Å². The minimum absolute atomic E-state index is 0. The van der Waals surface area contributed by atoms with E-state index in [0.29, 0.717) is 24.9 Å². The third-order valence-corrected chi connectivity index (χ3v) is 5.09. The first-order valence-electron chi connectivity index (χ1n) is 10.2. The lowest BCUT2D eigenvalue weighted by Gasteiger charge is -2.29. The Morgan fingerprint density at radius 1 is 1.13 bits per heavy atom. The van der Waals surface area contributed by atoms with Crippen LogP contribution in [0.5, 0.6) is 0 Å². The summed E-state index contributed by atoms with van der Waals surface area (Å²) in [5.41, 5.74) is 3.48. The molecule has 2 aromatic carbocycles. The SMILES string of the molecule is CCN(CCOC(=O)[C@H](C)NC(=O)c1ccccc1)c1cccc2c1CCC(=O)N2.Cl. The van der Waals surface area contributed by atoms with Crippen LogP contribution in [0, 0.1) is 0 Å². The van der Waals surface area contributed by atoms with Crippen LogP contribution in [0.3, 0.4) is 0 Å². The molecule has 1 aliphatic heterocycles. The minimum atomic E-state index is -0.743. The van der Waals surface area contributed by atoms with Gasteiger partial charge in [-0.2, -0.15) is 0 Å². The minimum Gasteiger partial charge on any atom is -0.462 e. The molecule has 0 saturated carbocycles. The summed E-state index contributed by atoms with van der Waals surface area (Å²) < 4.78 is 5.39. The summed E-state index contributed by atoms with van der Waals surface area (Å²) >= 11 is 0. The van der Waals surface area contributed by atoms with Crippen molar-refractivity contribution in [3.63, 3.8) is 0 Å². The Labute approximate surface area is 188 Å². The fourth-order valence-corrected chi connectivity index (χ4v) is 3.46. The van der Waals surface area contributed by atoms with Gasteiger partial charge in [0.15, 0.2) is 0 Å². The molecule has 1 aliphatic rings. The van der Waals surface area contributed by atoms with Gasteiger partial charge in [0.2, 0.25) is 5.91 Å². The van der Waals surface area contributed by atoms with Crippen molar-refractivity contribution in [1.29, 1.82) is 0 Å². The Kier molecular flexibility index (Phi) is 8.88. The van der Waals surface area contributed by atoms with Crippen molar-refractivity contribution >= 4 is 41.6 Å². The fraction of sp³-hybridized carbons (Fsp3) is 0.348. The second kappa shape index (κ2) is 11.4. The number of carbonyl (C=O) groups excluding carboxylic acids is 3. The summed E-state index contributed by atoms with van der Waals surface area (Å²) in [5.74, 6) is -0.756. The molecule has 166 valence electrons. The molecular weight excluding hydrogens is 418 g/mol. The predicted octanol–water partition coefficient (Wildman–Crippen LogP) is 3.18. The first kappa shape index (κ1) is 24.2. The van der Waals surface area contributed by atoms with E-state index in [9.17, 15) is 14.4 Å². The van der Waals surface area contributed by atoms with Gasteiger partial charge in [-0.1, -0.05) is 24.3 Å². The maximum atomic E-state index is 12.3. The number of ether oxygens (including phenoxy) is 1. The van der Waals surface area contributed by atoms with Gasteiger partial charge in [0, 0.05) is 29.9 Å². The van der Waals surface area contributed by atoms with E-state index >= 15 is 0 Å². The van der Waals surface area contributed by atoms with E-state index in [-0.39, 0.29) is 30.8 Å². The molecule has 0 spiro atoms. The first-order valence-corrected chi connectivity index (χ1v) is 10.2. The molecule has 2 aromatic rings. The number of hydrogen-bond donors (Lipinski definition) is 2. The van der Waals surface area contributed by atoms with Gasteiger partial charge in [-0.25, -0.2) is 4.79 Å². The highest BCUT2D eigenvalue weighted by Gasteiger charge is 2.21. The van der Waals surface area contributed by atoms with Crippen molar-refractivity contribution < 1.29 is 19.1 Å². The Bertz CT molecular complexity index is 920. The highest BCUT2D eigenvalue weighted by molar-refractivity contribution is 5.97. The molecule has 2 amide bonds. The van der Waals surface area contributed by atoms with Crippen LogP contribution < -0.4 is 15.5 Å². The highest BCUT2D eigenvalue weighted by atomic mass is 35.5. The van der Waals surface area contributed by atoms with Crippen LogP contribution in [-0.2, 0) is 20.7 Å². The van der Waals surface area contributed by atoms with Crippen molar-refractivity contribution in [1.82, 2.24) is 5.32 Å². The average molecular weight is 446 g/mol. The number of nitrogens with zero attached hydrogens (tertiary/aromatic N) is 1. The Balaban J connectivity index is 0.00000341. The number of nitrogens with one attached hydrogen (secondary N) is 2. The van der Waals surface area contributed by atoms with E-state index in [2.05, 4.69) is 15.5 Å². The van der Waals surface area contributed by atoms with E-state index in [1.54, 1.807) is 31.2 Å². The van der Waals surface area contributed by atoms with E-state index in [1.165, 1.54) is 0 Å². The van der Waals surface area contributed by atoms with Crippen LogP contribution >= 0.6 is 12.4 Å². The van der Waals surface area contributed by atoms with Crippen LogP contribution in [-0.4, -0.2) is 43.5 Å². The van der Waals surface area contributed by atoms with E-state index in [1.807, 2.05) is 31.2 Å². The first-order chi connectivity index (χ1) is 14.5. The molecule has 8 heteroatoms. The maximum Gasteiger partial charge on any atom is 0.328 e. The van der Waals surface area contributed by atoms with Crippen LogP contribution in [0.25, 0.3) is 0 Å². The van der Waals surface area contributed by atoms with Crippen LogP contribution in [0.15, 0.2) is 48.5 Å². The van der Waals surface area contributed by atoms with Gasteiger partial charge in [-0.05, 0) is 50.1 Å². The summed E-state index contributed by atoms with van der Waals surface area (Å²) in [6, 6.07) is 13.8. The standard InChI is InChI=1S/C23H27N3O4.ClH/c1-3-26(20-11-7-10-19-18(20)12-13-21(27)25-19)14-15-30-23(29)16(2)24-22(28)17-8-5-4-6-9-17;/h4-11,16H,3,12-15H2,1-2H3,(H,24,28)(H,25,27);1H/t16-;/m0./s1. The number of hydrogen-bond acceptors (Lipinski definition) is 5. The van der Waals surface area contributed by atoms with Crippen LogP contribution in [0.1, 0.15) is 36.2 Å². The molecule has 0 radical (unpaired) electrons. The van der Waals surface area contributed by atoms with Gasteiger partial charge in [-0.15, -0.1) is 12.4 Å². The molecule has 0 bridgehead atoms. The van der Waals surface area contributed by atoms with Gasteiger partial charge < -0.3 is 20.3 Å². The second-order valence-electron chi connectivity index (χ2n) is 7.16. The van der Waals surface area contributed by atoms with Gasteiger partial charge in [0.1, 0.15) is 12.6 Å². The number of fused-ring (bicyclic) bond motifs is 1. The number of amides is 2. The number of rotatable bonds is 8. The molecule has 1 atom stereocenters. The number of likely N-dealkylation sites (N-methyl/N-ethyl adjacent to an activating group) is 1. The van der Waals surface area contributed by atoms with Crippen molar-refractivity contribution in [3.8, 4) is 0 Å².